The minimum Gasteiger partial charge on any atom is -0.413 e. The van der Waals surface area contributed by atoms with Gasteiger partial charge in [-0.2, -0.15) is 0 Å². The van der Waals surface area contributed by atoms with Crippen molar-refractivity contribution < 1.29 is 4.42 Å². The molecule has 0 spiro atoms. The summed E-state index contributed by atoms with van der Waals surface area (Å²) < 4.78 is 7.49. The molecule has 5 rings (SSSR count). The Morgan fingerprint density at radius 1 is 0.882 bits per heavy atom. The molecule has 4 aromatic rings. The van der Waals surface area contributed by atoms with Crippen LogP contribution < -0.4 is 0 Å². The van der Waals surface area contributed by atoms with Gasteiger partial charge < -0.3 is 9.32 Å². The molecule has 0 N–H and O–H groups in total. The number of hydrogen-bond acceptors (Lipinski definition) is 9. The molecule has 174 valence electrons. The van der Waals surface area contributed by atoms with Crippen LogP contribution in [0.15, 0.2) is 70.2 Å². The Labute approximate surface area is 207 Å². The maximum absolute atomic E-state index is 5.74. The fourth-order valence-electron chi connectivity index (χ4n) is 3.76. The Bertz CT molecular complexity index is 1290. The Morgan fingerprint density at radius 2 is 1.53 bits per heavy atom. The molecule has 0 radical (unpaired) electrons. The second-order valence-electron chi connectivity index (χ2n) is 8.14. The average molecular weight is 492 g/mol. The van der Waals surface area contributed by atoms with E-state index in [1.165, 1.54) is 11.8 Å². The summed E-state index contributed by atoms with van der Waals surface area (Å²) in [4.78, 5) is 9.88. The van der Waals surface area contributed by atoms with Crippen LogP contribution in [0, 0.1) is 4.84 Å². The minimum absolute atomic E-state index is 0.387. The number of rotatable bonds is 7. The molecule has 1 fully saturated rings. The number of nitrogens with zero attached hydrogens (tertiary/aromatic N) is 7. The predicted octanol–water partition coefficient (Wildman–Crippen LogP) is 4.22. The third-order valence-electron chi connectivity index (χ3n) is 5.66. The topological polar surface area (TPSA) is 76.1 Å². The van der Waals surface area contributed by atoms with Gasteiger partial charge in [0.1, 0.15) is 11.4 Å². The first-order chi connectivity index (χ1) is 16.7. The molecule has 8 nitrogen and oxygen atoms in total. The maximum Gasteiger partial charge on any atom is 0.288 e. The maximum atomic E-state index is 5.74. The van der Waals surface area contributed by atoms with Crippen molar-refractivity contribution in [2.45, 2.75) is 17.6 Å². The van der Waals surface area contributed by atoms with Crippen LogP contribution >= 0.6 is 24.0 Å². The van der Waals surface area contributed by atoms with E-state index < -0.39 is 0 Å². The number of hydrogen-bond donors (Lipinski definition) is 0. The first-order valence-electron chi connectivity index (χ1n) is 11.1. The van der Waals surface area contributed by atoms with Gasteiger partial charge in [0, 0.05) is 37.3 Å². The van der Waals surface area contributed by atoms with Gasteiger partial charge in [0.15, 0.2) is 0 Å². The van der Waals surface area contributed by atoms with E-state index in [-0.39, 0.29) is 0 Å². The number of piperazine rings is 1. The summed E-state index contributed by atoms with van der Waals surface area (Å²) >= 11 is 6.83. The highest BCUT2D eigenvalue weighted by atomic mass is 32.2. The average Bonchev–Trinajstić information content (AvgIpc) is 3.24. The lowest BCUT2D eigenvalue weighted by atomic mass is 10.0. The molecule has 1 aliphatic heterocycles. The molecular weight excluding hydrogens is 466 g/mol. The summed E-state index contributed by atoms with van der Waals surface area (Å²) in [6.45, 7) is 4.71. The molecule has 1 saturated heterocycles. The fraction of sp³-hybridized carbons (Fsp3) is 0.292. The van der Waals surface area contributed by atoms with Gasteiger partial charge in [-0.1, -0.05) is 72.4 Å². The highest BCUT2D eigenvalue weighted by Crippen LogP contribution is 2.30. The molecule has 0 amide bonds. The smallest absolute Gasteiger partial charge is 0.288 e. The van der Waals surface area contributed by atoms with Crippen molar-refractivity contribution in [3.63, 3.8) is 0 Å². The molecule has 0 aliphatic carbocycles. The standard InChI is InChI=1S/C24H25N7OS2/c1-29-12-14-30(15-13-29)17-31-24(33)32-20(28-31)16-34-23-25-21(18-8-4-2-5-9-18)22(26-27-23)19-10-6-3-7-11-19/h2-11H,12-17H2,1H3. The molecule has 10 heteroatoms. The lowest BCUT2D eigenvalue weighted by Crippen LogP contribution is -2.45. The molecule has 2 aromatic heterocycles. The largest absolute Gasteiger partial charge is 0.413 e. The summed E-state index contributed by atoms with van der Waals surface area (Å²) in [6.07, 6.45) is 0. The number of likely N-dealkylation sites (N-methyl/N-ethyl adjacent to an activating group) is 1. The van der Waals surface area contributed by atoms with Crippen LogP contribution in [-0.4, -0.2) is 68.0 Å². The van der Waals surface area contributed by atoms with Crippen LogP contribution in [0.4, 0.5) is 0 Å². The lowest BCUT2D eigenvalue weighted by Gasteiger charge is -2.31. The molecule has 0 unspecified atom stereocenters. The molecule has 0 atom stereocenters. The second kappa shape index (κ2) is 10.6. The molecule has 1 aliphatic rings. The van der Waals surface area contributed by atoms with Crippen molar-refractivity contribution in [2.75, 3.05) is 33.2 Å². The van der Waals surface area contributed by atoms with E-state index in [2.05, 4.69) is 32.1 Å². The van der Waals surface area contributed by atoms with Gasteiger partial charge in [-0.25, -0.2) is 9.67 Å². The third kappa shape index (κ3) is 5.41. The summed E-state index contributed by atoms with van der Waals surface area (Å²) in [5.41, 5.74) is 3.52. The van der Waals surface area contributed by atoms with Crippen molar-refractivity contribution in [2.24, 2.45) is 0 Å². The van der Waals surface area contributed by atoms with E-state index in [1.807, 2.05) is 60.7 Å². The molecule has 3 heterocycles. The van der Waals surface area contributed by atoms with Crippen molar-refractivity contribution in [1.82, 2.24) is 34.8 Å². The van der Waals surface area contributed by atoms with E-state index in [0.29, 0.717) is 28.3 Å². The summed E-state index contributed by atoms with van der Waals surface area (Å²) in [7, 11) is 2.14. The van der Waals surface area contributed by atoms with Gasteiger partial charge in [-0.15, -0.1) is 15.3 Å². The van der Waals surface area contributed by atoms with E-state index in [1.54, 1.807) is 4.68 Å². The zero-order valence-electron chi connectivity index (χ0n) is 18.9. The summed E-state index contributed by atoms with van der Waals surface area (Å²) in [6, 6.07) is 20.0. The van der Waals surface area contributed by atoms with Crippen molar-refractivity contribution in [1.29, 1.82) is 0 Å². The van der Waals surface area contributed by atoms with Crippen LogP contribution in [-0.2, 0) is 12.4 Å². The Kier molecular flexibility index (Phi) is 7.10. The van der Waals surface area contributed by atoms with Gasteiger partial charge >= 0.3 is 0 Å². The van der Waals surface area contributed by atoms with Gasteiger partial charge in [0.05, 0.1) is 12.4 Å². The van der Waals surface area contributed by atoms with Gasteiger partial charge in [0.2, 0.25) is 11.0 Å². The second-order valence-corrected chi connectivity index (χ2v) is 9.43. The van der Waals surface area contributed by atoms with Crippen LogP contribution in [0.2, 0.25) is 0 Å². The van der Waals surface area contributed by atoms with Crippen molar-refractivity contribution in [3.8, 4) is 22.5 Å². The zero-order chi connectivity index (χ0) is 23.3. The number of benzene rings is 2. The van der Waals surface area contributed by atoms with Crippen molar-refractivity contribution >= 4 is 24.0 Å². The van der Waals surface area contributed by atoms with E-state index in [4.69, 9.17) is 21.6 Å². The van der Waals surface area contributed by atoms with Crippen LogP contribution in [0.5, 0.6) is 0 Å². The fourth-order valence-corrected chi connectivity index (χ4v) is 4.58. The molecule has 0 bridgehead atoms. The summed E-state index contributed by atoms with van der Waals surface area (Å²) in [5, 5.41) is 14.0. The molecule has 2 aromatic carbocycles. The van der Waals surface area contributed by atoms with Crippen LogP contribution in [0.25, 0.3) is 22.5 Å². The quantitative estimate of drug-likeness (QED) is 0.279. The van der Waals surface area contributed by atoms with Gasteiger partial charge in [-0.3, -0.25) is 4.90 Å². The third-order valence-corrected chi connectivity index (χ3v) is 6.78. The van der Waals surface area contributed by atoms with Gasteiger partial charge in [-0.05, 0) is 19.3 Å². The monoisotopic (exact) mass is 491 g/mol. The molecule has 34 heavy (non-hydrogen) atoms. The number of thioether (sulfide) groups is 1. The zero-order valence-corrected chi connectivity index (χ0v) is 20.5. The first-order valence-corrected chi connectivity index (χ1v) is 12.5. The minimum atomic E-state index is 0.387. The number of aromatic nitrogens is 5. The molecular formula is C24H25N7OS2. The Hall–Kier alpha value is -2.92. The van der Waals surface area contributed by atoms with E-state index in [9.17, 15) is 0 Å². The highest BCUT2D eigenvalue weighted by molar-refractivity contribution is 7.98. The van der Waals surface area contributed by atoms with Crippen LogP contribution in [0.1, 0.15) is 5.89 Å². The van der Waals surface area contributed by atoms with Crippen LogP contribution in [0.3, 0.4) is 0 Å². The highest BCUT2D eigenvalue weighted by Gasteiger charge is 2.17. The first kappa shape index (κ1) is 22.9. The summed E-state index contributed by atoms with van der Waals surface area (Å²) in [5.74, 6) is 1.03. The van der Waals surface area contributed by atoms with Gasteiger partial charge in [0.25, 0.3) is 4.84 Å². The SMILES string of the molecule is CN1CCN(Cn2nc(CSc3nnc(-c4ccccc4)c(-c4ccccc4)n3)oc2=S)CC1. The lowest BCUT2D eigenvalue weighted by molar-refractivity contribution is 0.118. The molecule has 0 saturated carbocycles. The predicted molar refractivity (Wildman–Crippen MR) is 135 cm³/mol. The van der Waals surface area contributed by atoms with Crippen molar-refractivity contribution in [3.05, 3.63) is 71.4 Å². The Balaban J connectivity index is 1.33. The Morgan fingerprint density at radius 3 is 2.21 bits per heavy atom. The van der Waals surface area contributed by atoms with E-state index in [0.717, 1.165) is 48.7 Å². The van der Waals surface area contributed by atoms with E-state index >= 15 is 0 Å². The normalized spacial score (nSPS) is 15.0.